The highest BCUT2D eigenvalue weighted by molar-refractivity contribution is 5.76. The molecule has 1 aliphatic heterocycles. The molecule has 0 spiro atoms. The van der Waals surface area contributed by atoms with Gasteiger partial charge in [0.05, 0.1) is 5.92 Å². The Balaban J connectivity index is 1.97. The van der Waals surface area contributed by atoms with Crippen molar-refractivity contribution >= 4 is 12.0 Å². The van der Waals surface area contributed by atoms with Crippen LogP contribution in [0.25, 0.3) is 0 Å². The summed E-state index contributed by atoms with van der Waals surface area (Å²) in [6.45, 7) is 3.51. The van der Waals surface area contributed by atoms with Crippen molar-refractivity contribution in [2.45, 2.75) is 26.3 Å². The molecule has 21 heavy (non-hydrogen) atoms. The van der Waals surface area contributed by atoms with E-state index in [1.807, 2.05) is 25.1 Å². The normalized spacial score (nSPS) is 18.4. The van der Waals surface area contributed by atoms with Gasteiger partial charge in [-0.1, -0.05) is 29.8 Å². The molecule has 1 saturated heterocycles. The molecule has 0 aliphatic carbocycles. The highest BCUT2D eigenvalue weighted by Crippen LogP contribution is 2.18. The number of likely N-dealkylation sites (tertiary alicyclic amines) is 1. The van der Waals surface area contributed by atoms with E-state index in [2.05, 4.69) is 6.07 Å². The fourth-order valence-electron chi connectivity index (χ4n) is 2.75. The Kier molecular flexibility index (Phi) is 4.83. The molecular formula is C16H22N2O3. The first-order valence-corrected chi connectivity index (χ1v) is 7.26. The number of carboxylic acid groups (broad SMARTS) is 1. The molecule has 0 radical (unpaired) electrons. The van der Waals surface area contributed by atoms with Crippen LogP contribution in [0.15, 0.2) is 24.3 Å². The Hall–Kier alpha value is -2.04. The Morgan fingerprint density at radius 2 is 2.19 bits per heavy atom. The number of aryl methyl sites for hydroxylation is 1. The van der Waals surface area contributed by atoms with Crippen molar-refractivity contribution in [3.8, 4) is 0 Å². The van der Waals surface area contributed by atoms with Gasteiger partial charge in [-0.15, -0.1) is 0 Å². The van der Waals surface area contributed by atoms with Gasteiger partial charge in [-0.2, -0.15) is 0 Å². The lowest BCUT2D eigenvalue weighted by Gasteiger charge is -2.33. The molecule has 0 aromatic heterocycles. The molecule has 2 rings (SSSR count). The molecule has 114 valence electrons. The summed E-state index contributed by atoms with van der Waals surface area (Å²) in [5, 5.41) is 9.09. The second kappa shape index (κ2) is 6.61. The maximum atomic E-state index is 12.4. The van der Waals surface area contributed by atoms with Crippen LogP contribution in [0.1, 0.15) is 24.0 Å². The molecule has 1 N–H and O–H groups in total. The first-order valence-electron chi connectivity index (χ1n) is 7.26. The Bertz CT molecular complexity index is 530. The van der Waals surface area contributed by atoms with Crippen LogP contribution in [0, 0.1) is 12.8 Å². The average Bonchev–Trinajstić information content (AvgIpc) is 2.46. The average molecular weight is 290 g/mol. The summed E-state index contributed by atoms with van der Waals surface area (Å²) in [6.07, 6.45) is 1.40. The zero-order chi connectivity index (χ0) is 15.4. The number of hydrogen-bond donors (Lipinski definition) is 1. The molecule has 1 aromatic carbocycles. The smallest absolute Gasteiger partial charge is 0.320 e. The van der Waals surface area contributed by atoms with Gasteiger partial charge in [0.1, 0.15) is 0 Å². The lowest BCUT2D eigenvalue weighted by Crippen LogP contribution is -2.47. The molecule has 0 unspecified atom stereocenters. The van der Waals surface area contributed by atoms with Gasteiger partial charge < -0.3 is 14.9 Å². The molecule has 2 amide bonds. The van der Waals surface area contributed by atoms with E-state index in [9.17, 15) is 9.59 Å². The number of nitrogens with zero attached hydrogens (tertiary/aromatic N) is 2. The molecule has 1 atom stereocenters. The third kappa shape index (κ3) is 3.97. The third-order valence-corrected chi connectivity index (χ3v) is 3.87. The van der Waals surface area contributed by atoms with E-state index in [1.165, 1.54) is 0 Å². The van der Waals surface area contributed by atoms with Gasteiger partial charge in [-0.3, -0.25) is 4.79 Å². The van der Waals surface area contributed by atoms with E-state index in [0.29, 0.717) is 26.1 Å². The molecule has 0 bridgehead atoms. The number of carbonyl (C=O) groups is 2. The zero-order valence-corrected chi connectivity index (χ0v) is 12.6. The Morgan fingerprint density at radius 1 is 1.43 bits per heavy atom. The predicted octanol–water partition coefficient (Wildman–Crippen LogP) is 2.34. The fraction of sp³-hybridized carbons (Fsp3) is 0.500. The highest BCUT2D eigenvalue weighted by atomic mass is 16.4. The largest absolute Gasteiger partial charge is 0.481 e. The number of aliphatic carboxylic acids is 1. The monoisotopic (exact) mass is 290 g/mol. The minimum absolute atomic E-state index is 0.0949. The van der Waals surface area contributed by atoms with Crippen LogP contribution in [0.4, 0.5) is 4.79 Å². The summed E-state index contributed by atoms with van der Waals surface area (Å²) in [5.41, 5.74) is 2.25. The van der Waals surface area contributed by atoms with E-state index in [1.54, 1.807) is 16.8 Å². The van der Waals surface area contributed by atoms with Gasteiger partial charge in [0.15, 0.2) is 0 Å². The summed E-state index contributed by atoms with van der Waals surface area (Å²) >= 11 is 0. The third-order valence-electron chi connectivity index (χ3n) is 3.87. The second-order valence-electron chi connectivity index (χ2n) is 5.75. The summed E-state index contributed by atoms with van der Waals surface area (Å²) in [6, 6.07) is 7.95. The lowest BCUT2D eigenvalue weighted by molar-refractivity contribution is -0.143. The van der Waals surface area contributed by atoms with E-state index in [-0.39, 0.29) is 6.03 Å². The van der Waals surface area contributed by atoms with Crippen molar-refractivity contribution in [2.24, 2.45) is 5.92 Å². The standard InChI is InChI=1S/C16H22N2O3/c1-12-5-3-6-13(9-12)10-17(2)16(21)18-8-4-7-14(11-18)15(19)20/h3,5-6,9,14H,4,7-8,10-11H2,1-2H3,(H,19,20)/t14-/m1/s1. The summed E-state index contributed by atoms with van der Waals surface area (Å²) in [7, 11) is 1.76. The maximum Gasteiger partial charge on any atom is 0.320 e. The van der Waals surface area contributed by atoms with E-state index >= 15 is 0 Å². The summed E-state index contributed by atoms with van der Waals surface area (Å²) in [4.78, 5) is 26.8. The number of hydrogen-bond acceptors (Lipinski definition) is 2. The molecule has 1 aromatic rings. The van der Waals surface area contributed by atoms with E-state index in [0.717, 1.165) is 17.5 Å². The number of benzene rings is 1. The van der Waals surface area contributed by atoms with Gasteiger partial charge in [-0.25, -0.2) is 4.79 Å². The lowest BCUT2D eigenvalue weighted by atomic mass is 9.98. The highest BCUT2D eigenvalue weighted by Gasteiger charge is 2.29. The summed E-state index contributed by atoms with van der Waals surface area (Å²) in [5.74, 6) is -1.25. The zero-order valence-electron chi connectivity index (χ0n) is 12.6. The van der Waals surface area contributed by atoms with Crippen LogP contribution >= 0.6 is 0 Å². The predicted molar refractivity (Wildman–Crippen MR) is 80.0 cm³/mol. The molecular weight excluding hydrogens is 268 g/mol. The van der Waals surface area contributed by atoms with Crippen LogP contribution in [-0.2, 0) is 11.3 Å². The van der Waals surface area contributed by atoms with Crippen molar-refractivity contribution in [1.82, 2.24) is 9.80 Å². The van der Waals surface area contributed by atoms with Crippen molar-refractivity contribution in [3.05, 3.63) is 35.4 Å². The first-order chi connectivity index (χ1) is 9.97. The molecule has 5 heteroatoms. The van der Waals surface area contributed by atoms with Crippen molar-refractivity contribution in [1.29, 1.82) is 0 Å². The molecule has 1 aliphatic rings. The van der Waals surface area contributed by atoms with Gasteiger partial charge in [0.2, 0.25) is 0 Å². The van der Waals surface area contributed by atoms with Crippen LogP contribution < -0.4 is 0 Å². The second-order valence-corrected chi connectivity index (χ2v) is 5.75. The Labute approximate surface area is 125 Å². The SMILES string of the molecule is Cc1cccc(CN(C)C(=O)N2CCC[C@@H](C(=O)O)C2)c1. The van der Waals surface area contributed by atoms with Crippen molar-refractivity contribution < 1.29 is 14.7 Å². The molecule has 1 heterocycles. The van der Waals surface area contributed by atoms with Gasteiger partial charge in [0, 0.05) is 26.7 Å². The van der Waals surface area contributed by atoms with Crippen LogP contribution in [0.2, 0.25) is 0 Å². The van der Waals surface area contributed by atoms with Crippen molar-refractivity contribution in [2.75, 3.05) is 20.1 Å². The molecule has 1 fully saturated rings. The van der Waals surface area contributed by atoms with Crippen LogP contribution in [0.5, 0.6) is 0 Å². The van der Waals surface area contributed by atoms with Crippen LogP contribution in [0.3, 0.4) is 0 Å². The number of carbonyl (C=O) groups excluding carboxylic acids is 1. The minimum atomic E-state index is -0.811. The van der Waals surface area contributed by atoms with Crippen molar-refractivity contribution in [3.63, 3.8) is 0 Å². The number of carboxylic acids is 1. The van der Waals surface area contributed by atoms with Gasteiger partial charge >= 0.3 is 12.0 Å². The molecule has 0 saturated carbocycles. The first kappa shape index (κ1) is 15.4. The quantitative estimate of drug-likeness (QED) is 0.929. The Morgan fingerprint density at radius 3 is 2.86 bits per heavy atom. The fourth-order valence-corrected chi connectivity index (χ4v) is 2.75. The van der Waals surface area contributed by atoms with E-state index in [4.69, 9.17) is 5.11 Å². The van der Waals surface area contributed by atoms with Gasteiger partial charge in [0.25, 0.3) is 0 Å². The minimum Gasteiger partial charge on any atom is -0.481 e. The van der Waals surface area contributed by atoms with Gasteiger partial charge in [-0.05, 0) is 25.3 Å². The number of amides is 2. The number of rotatable bonds is 3. The number of urea groups is 1. The molecule has 5 nitrogen and oxygen atoms in total. The topological polar surface area (TPSA) is 60.9 Å². The summed E-state index contributed by atoms with van der Waals surface area (Å²) < 4.78 is 0. The van der Waals surface area contributed by atoms with E-state index < -0.39 is 11.9 Å². The van der Waals surface area contributed by atoms with Crippen LogP contribution in [-0.4, -0.2) is 47.0 Å². The maximum absolute atomic E-state index is 12.4. The number of piperidine rings is 1.